The number of benzene rings is 2. The van der Waals surface area contributed by atoms with Gasteiger partial charge in [0, 0.05) is 11.9 Å². The van der Waals surface area contributed by atoms with E-state index in [1.807, 2.05) is 29.5 Å². The summed E-state index contributed by atoms with van der Waals surface area (Å²) in [6, 6.07) is 7.96. The van der Waals surface area contributed by atoms with Crippen LogP contribution in [0.1, 0.15) is 29.8 Å². The average molecular weight is 521 g/mol. The molecule has 0 aromatic heterocycles. The van der Waals surface area contributed by atoms with Gasteiger partial charge in [0.1, 0.15) is 0 Å². The van der Waals surface area contributed by atoms with Gasteiger partial charge in [-0.15, -0.1) is 0 Å². The molecular formula is C18H15Cl2IN2O4. The topological polar surface area (TPSA) is 77.0 Å². The van der Waals surface area contributed by atoms with Gasteiger partial charge in [0.05, 0.1) is 27.0 Å². The van der Waals surface area contributed by atoms with Crippen LogP contribution in [0.15, 0.2) is 35.4 Å². The van der Waals surface area contributed by atoms with Gasteiger partial charge in [-0.25, -0.2) is 5.43 Å². The maximum absolute atomic E-state index is 12.1. The van der Waals surface area contributed by atoms with Crippen LogP contribution in [-0.4, -0.2) is 24.7 Å². The zero-order valence-corrected chi connectivity index (χ0v) is 18.1. The first-order valence-electron chi connectivity index (χ1n) is 7.75. The van der Waals surface area contributed by atoms with Crippen LogP contribution in [0.4, 0.5) is 0 Å². The number of hydrazone groups is 1. The van der Waals surface area contributed by atoms with E-state index in [9.17, 15) is 9.59 Å². The average Bonchev–Trinajstić information content (AvgIpc) is 2.58. The summed E-state index contributed by atoms with van der Waals surface area (Å²) in [6.07, 6.45) is 1.45. The van der Waals surface area contributed by atoms with Crippen LogP contribution in [0.25, 0.3) is 0 Å². The predicted octanol–water partition coefficient (Wildman–Crippen LogP) is 4.69. The van der Waals surface area contributed by atoms with Gasteiger partial charge in [-0.1, -0.05) is 23.2 Å². The Morgan fingerprint density at radius 3 is 2.63 bits per heavy atom. The second-order valence-electron chi connectivity index (χ2n) is 5.18. The van der Waals surface area contributed by atoms with Crippen molar-refractivity contribution in [1.29, 1.82) is 0 Å². The highest BCUT2D eigenvalue weighted by atomic mass is 127. The maximum atomic E-state index is 12.1. The van der Waals surface area contributed by atoms with E-state index in [4.69, 9.17) is 32.7 Å². The Morgan fingerprint density at radius 1 is 1.26 bits per heavy atom. The number of hydrogen-bond acceptors (Lipinski definition) is 5. The lowest BCUT2D eigenvalue weighted by Gasteiger charge is -2.12. The number of halogens is 3. The highest BCUT2D eigenvalue weighted by Gasteiger charge is 2.14. The minimum Gasteiger partial charge on any atom is -0.490 e. The van der Waals surface area contributed by atoms with Crippen molar-refractivity contribution < 1.29 is 19.1 Å². The van der Waals surface area contributed by atoms with Crippen molar-refractivity contribution in [3.63, 3.8) is 0 Å². The molecule has 27 heavy (non-hydrogen) atoms. The largest absolute Gasteiger partial charge is 0.490 e. The second-order valence-corrected chi connectivity index (χ2v) is 7.19. The van der Waals surface area contributed by atoms with E-state index in [-0.39, 0.29) is 10.6 Å². The lowest BCUT2D eigenvalue weighted by Crippen LogP contribution is -2.18. The van der Waals surface area contributed by atoms with E-state index < -0.39 is 11.9 Å². The third-order valence-corrected chi connectivity index (χ3v) is 4.48. The van der Waals surface area contributed by atoms with Crippen LogP contribution in [0.3, 0.4) is 0 Å². The number of carbonyl (C=O) groups is 2. The number of hydrogen-bond donors (Lipinski definition) is 1. The van der Waals surface area contributed by atoms with Gasteiger partial charge in [0.2, 0.25) is 0 Å². The van der Waals surface area contributed by atoms with E-state index in [1.165, 1.54) is 25.3 Å². The third-order valence-electron chi connectivity index (χ3n) is 3.13. The van der Waals surface area contributed by atoms with Gasteiger partial charge in [-0.2, -0.15) is 5.10 Å². The van der Waals surface area contributed by atoms with Crippen molar-refractivity contribution in [2.45, 2.75) is 13.8 Å². The lowest BCUT2D eigenvalue weighted by atomic mass is 10.2. The Labute approximate surface area is 180 Å². The SMILES string of the molecule is CCOc1cc(/C=N\NC(=O)c2ccc(Cl)cc2Cl)cc(I)c1OC(C)=O. The summed E-state index contributed by atoms with van der Waals surface area (Å²) in [7, 11) is 0. The molecule has 9 heteroatoms. The van der Waals surface area contributed by atoms with Crippen LogP contribution in [-0.2, 0) is 4.79 Å². The molecule has 0 saturated carbocycles. The number of rotatable bonds is 6. The van der Waals surface area contributed by atoms with Crippen molar-refractivity contribution in [1.82, 2.24) is 5.43 Å². The van der Waals surface area contributed by atoms with Gasteiger partial charge in [0.25, 0.3) is 5.91 Å². The number of esters is 1. The molecule has 0 aliphatic heterocycles. The van der Waals surface area contributed by atoms with Crippen LogP contribution >= 0.6 is 45.8 Å². The van der Waals surface area contributed by atoms with Gasteiger partial charge >= 0.3 is 5.97 Å². The monoisotopic (exact) mass is 520 g/mol. The summed E-state index contributed by atoms with van der Waals surface area (Å²) in [5, 5.41) is 4.60. The molecule has 2 aromatic carbocycles. The zero-order chi connectivity index (χ0) is 20.0. The fourth-order valence-corrected chi connectivity index (χ4v) is 3.30. The fraction of sp³-hybridized carbons (Fsp3) is 0.167. The quantitative estimate of drug-likeness (QED) is 0.197. The molecule has 0 saturated heterocycles. The first kappa shape index (κ1) is 21.5. The molecular weight excluding hydrogens is 506 g/mol. The minimum absolute atomic E-state index is 0.231. The Bertz CT molecular complexity index is 903. The van der Waals surface area contributed by atoms with Crippen molar-refractivity contribution in [2.24, 2.45) is 5.10 Å². The first-order chi connectivity index (χ1) is 12.8. The van der Waals surface area contributed by atoms with Crippen molar-refractivity contribution in [3.05, 3.63) is 55.1 Å². The molecule has 6 nitrogen and oxygen atoms in total. The normalized spacial score (nSPS) is 10.7. The van der Waals surface area contributed by atoms with E-state index >= 15 is 0 Å². The van der Waals surface area contributed by atoms with E-state index in [0.717, 1.165) is 0 Å². The van der Waals surface area contributed by atoms with Gasteiger partial charge in [0.15, 0.2) is 11.5 Å². The Hall–Kier alpha value is -1.84. The fourth-order valence-electron chi connectivity index (χ4n) is 2.07. The Morgan fingerprint density at radius 2 is 2.00 bits per heavy atom. The summed E-state index contributed by atoms with van der Waals surface area (Å²) < 4.78 is 11.4. The molecule has 1 amide bonds. The number of carbonyl (C=O) groups excluding carboxylic acids is 2. The summed E-state index contributed by atoms with van der Waals surface area (Å²) in [4.78, 5) is 23.4. The predicted molar refractivity (Wildman–Crippen MR) is 113 cm³/mol. The summed E-state index contributed by atoms with van der Waals surface area (Å²) in [6.45, 7) is 3.54. The first-order valence-corrected chi connectivity index (χ1v) is 9.58. The standard InChI is InChI=1S/C18H15Cl2IN2O4/c1-3-26-16-7-11(6-15(21)17(16)27-10(2)24)9-22-23-18(25)13-5-4-12(19)8-14(13)20/h4-9H,3H2,1-2H3,(H,23,25)/b22-9-. The molecule has 0 aliphatic rings. The smallest absolute Gasteiger partial charge is 0.308 e. The van der Waals surface area contributed by atoms with Crippen LogP contribution in [0.2, 0.25) is 10.0 Å². The molecule has 0 atom stereocenters. The Kier molecular flexibility index (Phi) is 7.88. The molecule has 1 N–H and O–H groups in total. The highest BCUT2D eigenvalue weighted by Crippen LogP contribution is 2.34. The summed E-state index contributed by atoms with van der Waals surface area (Å²) >= 11 is 13.8. The molecule has 0 fully saturated rings. The van der Waals surface area contributed by atoms with E-state index in [0.29, 0.717) is 32.3 Å². The van der Waals surface area contributed by atoms with Crippen molar-refractivity contribution >= 4 is 63.9 Å². The number of amides is 1. The second kappa shape index (κ2) is 9.91. The third kappa shape index (κ3) is 6.08. The summed E-state index contributed by atoms with van der Waals surface area (Å²) in [5.41, 5.74) is 3.31. The minimum atomic E-state index is -0.468. The molecule has 2 rings (SSSR count). The van der Waals surface area contributed by atoms with Crippen LogP contribution < -0.4 is 14.9 Å². The van der Waals surface area contributed by atoms with Crippen LogP contribution in [0.5, 0.6) is 11.5 Å². The van der Waals surface area contributed by atoms with E-state index in [1.54, 1.807) is 18.2 Å². The lowest BCUT2D eigenvalue weighted by molar-refractivity contribution is -0.132. The molecule has 0 unspecified atom stereocenters. The molecule has 0 heterocycles. The maximum Gasteiger partial charge on any atom is 0.308 e. The van der Waals surface area contributed by atoms with Gasteiger partial charge in [-0.05, 0) is 65.4 Å². The molecule has 2 aromatic rings. The number of nitrogens with zero attached hydrogens (tertiary/aromatic N) is 1. The van der Waals surface area contributed by atoms with Crippen LogP contribution in [0, 0.1) is 3.57 Å². The molecule has 142 valence electrons. The molecule has 0 radical (unpaired) electrons. The van der Waals surface area contributed by atoms with Crippen molar-refractivity contribution in [2.75, 3.05) is 6.61 Å². The molecule has 0 aliphatic carbocycles. The zero-order valence-electron chi connectivity index (χ0n) is 14.4. The van der Waals surface area contributed by atoms with Gasteiger partial charge < -0.3 is 9.47 Å². The van der Waals surface area contributed by atoms with Gasteiger partial charge in [-0.3, -0.25) is 9.59 Å². The Balaban J connectivity index is 2.18. The molecule has 0 bridgehead atoms. The summed E-state index contributed by atoms with van der Waals surface area (Å²) in [5.74, 6) is -0.154. The van der Waals surface area contributed by atoms with Crippen molar-refractivity contribution in [3.8, 4) is 11.5 Å². The highest BCUT2D eigenvalue weighted by molar-refractivity contribution is 14.1. The van der Waals surface area contributed by atoms with E-state index in [2.05, 4.69) is 10.5 Å². The number of ether oxygens (including phenoxy) is 2. The number of nitrogens with one attached hydrogen (secondary N) is 1. The molecule has 0 spiro atoms.